The number of sulfone groups is 1. The summed E-state index contributed by atoms with van der Waals surface area (Å²) in [6.45, 7) is 1.51. The Bertz CT molecular complexity index is 1010. The third kappa shape index (κ3) is 3.45. The van der Waals surface area contributed by atoms with E-state index in [-0.39, 0.29) is 10.6 Å². The highest BCUT2D eigenvalue weighted by Gasteiger charge is 2.29. The summed E-state index contributed by atoms with van der Waals surface area (Å²) in [5.74, 6) is -7.28. The first kappa shape index (κ1) is 19.6. The second-order valence-corrected chi connectivity index (χ2v) is 7.48. The van der Waals surface area contributed by atoms with E-state index in [2.05, 4.69) is 10.1 Å². The van der Waals surface area contributed by atoms with Crippen LogP contribution in [-0.4, -0.2) is 27.7 Å². The van der Waals surface area contributed by atoms with Gasteiger partial charge >= 0.3 is 0 Å². The molecule has 0 atom stereocenters. The summed E-state index contributed by atoms with van der Waals surface area (Å²) in [5, 5.41) is 2.45. The number of rotatable bonds is 5. The zero-order chi connectivity index (χ0) is 19.8. The SMILES string of the molecule is COc1c(F)c(F)c(F)c(Nc2ccc(S(C)(=O)=O)cc2C)c1C(N)=O. The van der Waals surface area contributed by atoms with Gasteiger partial charge in [0.25, 0.3) is 5.91 Å². The lowest BCUT2D eigenvalue weighted by molar-refractivity contribution is 0.0996. The van der Waals surface area contributed by atoms with Crippen molar-refractivity contribution in [3.05, 3.63) is 46.8 Å². The number of nitrogens with one attached hydrogen (secondary N) is 1. The molecule has 3 N–H and O–H groups in total. The molecule has 0 aliphatic carbocycles. The Morgan fingerprint density at radius 3 is 2.23 bits per heavy atom. The van der Waals surface area contributed by atoms with Gasteiger partial charge in [-0.3, -0.25) is 4.79 Å². The van der Waals surface area contributed by atoms with Gasteiger partial charge in [-0.15, -0.1) is 0 Å². The lowest BCUT2D eigenvalue weighted by atomic mass is 10.1. The van der Waals surface area contributed by atoms with Gasteiger partial charge in [-0.25, -0.2) is 17.2 Å². The Labute approximate surface area is 147 Å². The zero-order valence-electron chi connectivity index (χ0n) is 14.0. The fraction of sp³-hybridized carbons (Fsp3) is 0.188. The molecule has 0 aliphatic heterocycles. The summed E-state index contributed by atoms with van der Waals surface area (Å²) in [5.41, 5.74) is 4.24. The third-order valence-electron chi connectivity index (χ3n) is 3.62. The molecule has 0 aromatic heterocycles. The topological polar surface area (TPSA) is 98.5 Å². The summed E-state index contributed by atoms with van der Waals surface area (Å²) in [4.78, 5) is 11.7. The molecule has 0 spiro atoms. The first-order chi connectivity index (χ1) is 12.0. The maximum Gasteiger partial charge on any atom is 0.254 e. The predicted molar refractivity (Wildman–Crippen MR) is 89.0 cm³/mol. The van der Waals surface area contributed by atoms with E-state index >= 15 is 0 Å². The van der Waals surface area contributed by atoms with Crippen molar-refractivity contribution in [2.45, 2.75) is 11.8 Å². The Hall–Kier alpha value is -2.75. The van der Waals surface area contributed by atoms with Crippen molar-refractivity contribution in [2.24, 2.45) is 5.73 Å². The van der Waals surface area contributed by atoms with E-state index in [1.54, 1.807) is 0 Å². The number of anilines is 2. The maximum atomic E-state index is 14.2. The Morgan fingerprint density at radius 1 is 1.15 bits per heavy atom. The van der Waals surface area contributed by atoms with Crippen LogP contribution in [-0.2, 0) is 9.84 Å². The van der Waals surface area contributed by atoms with Crippen molar-refractivity contribution in [1.82, 2.24) is 0 Å². The molecule has 0 bridgehead atoms. The van der Waals surface area contributed by atoms with Crippen LogP contribution < -0.4 is 15.8 Å². The number of hydrogen-bond acceptors (Lipinski definition) is 5. The average Bonchev–Trinajstić information content (AvgIpc) is 2.55. The van der Waals surface area contributed by atoms with Crippen LogP contribution in [0.25, 0.3) is 0 Å². The van der Waals surface area contributed by atoms with Gasteiger partial charge in [-0.2, -0.15) is 4.39 Å². The molecule has 1 amide bonds. The van der Waals surface area contributed by atoms with Crippen molar-refractivity contribution in [2.75, 3.05) is 18.7 Å². The second kappa shape index (κ2) is 6.87. The highest BCUT2D eigenvalue weighted by atomic mass is 32.2. The van der Waals surface area contributed by atoms with Crippen molar-refractivity contribution >= 4 is 27.1 Å². The molecule has 10 heteroatoms. The molecular weight excluding hydrogens is 373 g/mol. The monoisotopic (exact) mass is 388 g/mol. The summed E-state index contributed by atoms with van der Waals surface area (Å²) < 4.78 is 69.7. The van der Waals surface area contributed by atoms with Crippen LogP contribution in [0, 0.1) is 24.4 Å². The number of carbonyl (C=O) groups excluding carboxylic acids is 1. The van der Waals surface area contributed by atoms with Crippen molar-refractivity contribution in [3.8, 4) is 5.75 Å². The Kier molecular flexibility index (Phi) is 5.17. The maximum absolute atomic E-state index is 14.2. The number of amides is 1. The number of methoxy groups -OCH3 is 1. The molecule has 0 saturated heterocycles. The molecule has 140 valence electrons. The standard InChI is InChI=1S/C16H15F3N2O4S/c1-7-6-8(26(3,23)24)4-5-9(7)21-14-10(16(20)22)15(25-2)13(19)11(17)12(14)18/h4-6,21H,1-3H3,(H2,20,22). The molecule has 2 aromatic rings. The van der Waals surface area contributed by atoms with Gasteiger partial charge in [-0.1, -0.05) is 0 Å². The number of benzene rings is 2. The van der Waals surface area contributed by atoms with E-state index in [1.165, 1.54) is 25.1 Å². The smallest absolute Gasteiger partial charge is 0.254 e. The van der Waals surface area contributed by atoms with Crippen LogP contribution in [0.3, 0.4) is 0 Å². The molecule has 2 aromatic carbocycles. The van der Waals surface area contributed by atoms with Gasteiger partial charge in [0.15, 0.2) is 27.2 Å². The fourth-order valence-corrected chi connectivity index (χ4v) is 3.03. The van der Waals surface area contributed by atoms with Gasteiger partial charge < -0.3 is 15.8 Å². The van der Waals surface area contributed by atoms with Crippen LogP contribution >= 0.6 is 0 Å². The molecule has 0 aliphatic rings. The van der Waals surface area contributed by atoms with Crippen LogP contribution in [0.4, 0.5) is 24.5 Å². The van der Waals surface area contributed by atoms with Gasteiger partial charge in [0.2, 0.25) is 5.82 Å². The molecule has 2 rings (SSSR count). The van der Waals surface area contributed by atoms with E-state index in [0.717, 1.165) is 13.4 Å². The van der Waals surface area contributed by atoms with Crippen LogP contribution in [0.15, 0.2) is 23.1 Å². The minimum Gasteiger partial charge on any atom is -0.493 e. The number of ether oxygens (including phenoxy) is 1. The first-order valence-electron chi connectivity index (χ1n) is 7.11. The molecule has 0 heterocycles. The van der Waals surface area contributed by atoms with Gasteiger partial charge in [-0.05, 0) is 30.7 Å². The summed E-state index contributed by atoms with van der Waals surface area (Å²) in [7, 11) is -2.50. The third-order valence-corrected chi connectivity index (χ3v) is 4.73. The van der Waals surface area contributed by atoms with E-state index in [0.29, 0.717) is 5.56 Å². The highest BCUT2D eigenvalue weighted by molar-refractivity contribution is 7.90. The number of primary amides is 1. The van der Waals surface area contributed by atoms with Crippen molar-refractivity contribution in [1.29, 1.82) is 0 Å². The van der Waals surface area contributed by atoms with E-state index < -0.39 is 50.2 Å². The Morgan fingerprint density at radius 2 is 1.77 bits per heavy atom. The molecule has 0 unspecified atom stereocenters. The molecule has 26 heavy (non-hydrogen) atoms. The molecular formula is C16H15F3N2O4S. The van der Waals surface area contributed by atoms with Crippen LogP contribution in [0.1, 0.15) is 15.9 Å². The molecule has 0 fully saturated rings. The molecule has 0 radical (unpaired) electrons. The van der Waals surface area contributed by atoms with Crippen LogP contribution in [0.5, 0.6) is 5.75 Å². The highest BCUT2D eigenvalue weighted by Crippen LogP contribution is 2.37. The minimum absolute atomic E-state index is 0.0130. The van der Waals surface area contributed by atoms with E-state index in [1.807, 2.05) is 0 Å². The van der Waals surface area contributed by atoms with Gasteiger partial charge in [0.1, 0.15) is 5.56 Å². The number of carbonyl (C=O) groups is 1. The quantitative estimate of drug-likeness (QED) is 0.768. The fourth-order valence-electron chi connectivity index (χ4n) is 2.32. The summed E-state index contributed by atoms with van der Waals surface area (Å²) in [6.07, 6.45) is 1.01. The molecule has 6 nitrogen and oxygen atoms in total. The largest absolute Gasteiger partial charge is 0.493 e. The summed E-state index contributed by atoms with van der Waals surface area (Å²) >= 11 is 0. The number of aryl methyl sites for hydroxylation is 1. The van der Waals surface area contributed by atoms with Crippen LogP contribution in [0.2, 0.25) is 0 Å². The molecule has 0 saturated carbocycles. The lowest BCUT2D eigenvalue weighted by Crippen LogP contribution is -2.18. The van der Waals surface area contributed by atoms with Gasteiger partial charge in [0, 0.05) is 11.9 Å². The number of hydrogen-bond donors (Lipinski definition) is 2. The minimum atomic E-state index is -3.47. The Balaban J connectivity index is 2.67. The first-order valence-corrected chi connectivity index (χ1v) is 9.00. The predicted octanol–water partition coefficient (Wildman–Crippen LogP) is 2.67. The van der Waals surface area contributed by atoms with Gasteiger partial charge in [0.05, 0.1) is 17.7 Å². The number of halogens is 3. The second-order valence-electron chi connectivity index (χ2n) is 5.46. The van der Waals surface area contributed by atoms with Crippen molar-refractivity contribution in [3.63, 3.8) is 0 Å². The van der Waals surface area contributed by atoms with E-state index in [9.17, 15) is 26.4 Å². The normalized spacial score (nSPS) is 11.3. The average molecular weight is 388 g/mol. The number of nitrogens with two attached hydrogens (primary N) is 1. The van der Waals surface area contributed by atoms with E-state index in [4.69, 9.17) is 5.73 Å². The van der Waals surface area contributed by atoms with Crippen molar-refractivity contribution < 1.29 is 31.1 Å². The summed E-state index contributed by atoms with van der Waals surface area (Å²) in [6, 6.07) is 3.84. The zero-order valence-corrected chi connectivity index (χ0v) is 14.8. The lowest BCUT2D eigenvalue weighted by Gasteiger charge is -2.17.